The van der Waals surface area contributed by atoms with Gasteiger partial charge in [0.1, 0.15) is 11.6 Å². The lowest BCUT2D eigenvalue weighted by atomic mass is 9.90. The fraction of sp³-hybridized carbons (Fsp3) is 0.837. The van der Waals surface area contributed by atoms with Crippen LogP contribution >= 0.6 is 64.8 Å². The molecule has 0 bridgehead atoms. The predicted molar refractivity (Wildman–Crippen MR) is 266 cm³/mol. The molecular formula is C43H81NO11S6. The van der Waals surface area contributed by atoms with Gasteiger partial charge in [0.05, 0.1) is 17.8 Å². The van der Waals surface area contributed by atoms with Gasteiger partial charge in [-0.3, -0.25) is 33.6 Å². The molecule has 0 aliphatic rings. The van der Waals surface area contributed by atoms with E-state index in [1.54, 1.807) is 71.7 Å². The van der Waals surface area contributed by atoms with Crippen molar-refractivity contribution < 1.29 is 54.0 Å². The summed E-state index contributed by atoms with van der Waals surface area (Å²) in [7, 11) is 10.6. The van der Waals surface area contributed by atoms with Gasteiger partial charge >= 0.3 is 23.9 Å². The second-order valence-electron chi connectivity index (χ2n) is 14.6. The van der Waals surface area contributed by atoms with Crippen LogP contribution < -0.4 is 5.32 Å². The van der Waals surface area contributed by atoms with Gasteiger partial charge in [0.2, 0.25) is 5.91 Å². The third-order valence-electron chi connectivity index (χ3n) is 9.54. The minimum absolute atomic E-state index is 0.0380. The summed E-state index contributed by atoms with van der Waals surface area (Å²) < 4.78 is 0. The normalized spacial score (nSPS) is 11.9. The van der Waals surface area contributed by atoms with Crippen LogP contribution in [-0.4, -0.2) is 106 Å². The number of amides is 1. The second kappa shape index (κ2) is 51.4. The maximum Gasteiger partial charge on any atom is 0.306 e. The number of unbranched alkanes of at least 4 members (excludes halogenated alkanes) is 14. The monoisotopic (exact) mass is 979 g/mol. The van der Waals surface area contributed by atoms with E-state index in [1.807, 2.05) is 0 Å². The van der Waals surface area contributed by atoms with E-state index in [4.69, 9.17) is 10.2 Å². The molecule has 0 radical (unpaired) electrons. The molecule has 0 unspecified atom stereocenters. The van der Waals surface area contributed by atoms with Crippen LogP contribution in [0.1, 0.15) is 167 Å². The molecule has 0 heterocycles. The number of rotatable bonds is 38. The highest BCUT2D eigenvalue weighted by molar-refractivity contribution is 8.76. The zero-order chi connectivity index (χ0) is 47.1. The topological polar surface area (TPSA) is 212 Å². The Morgan fingerprint density at radius 1 is 0.410 bits per heavy atom. The summed E-state index contributed by atoms with van der Waals surface area (Å²) in [5.41, 5.74) is 0. The van der Waals surface area contributed by atoms with E-state index in [9.17, 15) is 43.8 Å². The fourth-order valence-corrected chi connectivity index (χ4v) is 5.75. The molecule has 0 aromatic carbocycles. The Labute approximate surface area is 392 Å². The molecule has 0 aromatic rings. The minimum Gasteiger partial charge on any atom is -0.481 e. The molecule has 61 heavy (non-hydrogen) atoms. The minimum atomic E-state index is -1.21. The van der Waals surface area contributed by atoms with E-state index in [1.165, 1.54) is 38.5 Å². The molecule has 3 atom stereocenters. The van der Waals surface area contributed by atoms with Crippen LogP contribution in [0.25, 0.3) is 0 Å². The molecule has 5 N–H and O–H groups in total. The van der Waals surface area contributed by atoms with Crippen molar-refractivity contribution in [1.29, 1.82) is 0 Å². The Bertz CT molecular complexity index is 1110. The van der Waals surface area contributed by atoms with Crippen molar-refractivity contribution in [1.82, 2.24) is 5.32 Å². The van der Waals surface area contributed by atoms with E-state index < -0.39 is 47.4 Å². The molecule has 1 amide bonds. The van der Waals surface area contributed by atoms with E-state index in [2.05, 4.69) is 42.9 Å². The van der Waals surface area contributed by atoms with Crippen molar-refractivity contribution in [2.45, 2.75) is 167 Å². The van der Waals surface area contributed by atoms with Crippen LogP contribution in [0, 0.1) is 17.8 Å². The highest BCUT2D eigenvalue weighted by atomic mass is 33.1. The molecule has 360 valence electrons. The van der Waals surface area contributed by atoms with Gasteiger partial charge < -0.3 is 25.7 Å². The van der Waals surface area contributed by atoms with Crippen LogP contribution in [-0.2, 0) is 33.6 Å². The third kappa shape index (κ3) is 54.9. The first-order valence-electron chi connectivity index (χ1n) is 21.5. The van der Waals surface area contributed by atoms with Gasteiger partial charge in [-0.2, -0.15) is 0 Å². The average molecular weight is 981 g/mol. The largest absolute Gasteiger partial charge is 0.481 e. The van der Waals surface area contributed by atoms with Gasteiger partial charge in [0.15, 0.2) is 0 Å². The van der Waals surface area contributed by atoms with E-state index in [-0.39, 0.29) is 56.6 Å². The number of nitrogens with one attached hydrogen (secondary N) is 1. The number of hydrogen-bond acceptors (Lipinski definition) is 13. The van der Waals surface area contributed by atoms with Gasteiger partial charge in [0.25, 0.3) is 0 Å². The zero-order valence-corrected chi connectivity index (χ0v) is 43.1. The molecule has 0 aliphatic heterocycles. The van der Waals surface area contributed by atoms with Gasteiger partial charge in [-0.1, -0.05) is 155 Å². The van der Waals surface area contributed by atoms with Gasteiger partial charge in [-0.15, -0.1) is 0 Å². The summed E-state index contributed by atoms with van der Waals surface area (Å²) in [6, 6.07) is 0. The zero-order valence-electron chi connectivity index (χ0n) is 38.2. The van der Waals surface area contributed by atoms with Crippen molar-refractivity contribution in [2.75, 3.05) is 44.1 Å². The first kappa shape index (κ1) is 66.4. The summed E-state index contributed by atoms with van der Waals surface area (Å²) in [6.45, 7) is 1.96. The summed E-state index contributed by atoms with van der Waals surface area (Å²) >= 11 is 0. The predicted octanol–water partition coefficient (Wildman–Crippen LogP) is 12.1. The Kier molecular flexibility index (Phi) is 56.0. The molecule has 12 nitrogen and oxygen atoms in total. The number of carboxylic acid groups (broad SMARTS) is 4. The molecule has 0 saturated carbocycles. The maximum absolute atomic E-state index is 12.5. The van der Waals surface area contributed by atoms with Crippen molar-refractivity contribution in [2.24, 2.45) is 17.8 Å². The Hall–Kier alpha value is -1.21. The Morgan fingerprint density at radius 3 is 1.10 bits per heavy atom. The van der Waals surface area contributed by atoms with Crippen molar-refractivity contribution in [3.05, 3.63) is 0 Å². The summed E-state index contributed by atoms with van der Waals surface area (Å²) in [4.78, 5) is 81.8. The molecule has 0 rings (SSSR count). The number of carbonyl (C=O) groups excluding carboxylic acids is 3. The Balaban J connectivity index is -0.00000118. The van der Waals surface area contributed by atoms with Crippen LogP contribution in [0.2, 0.25) is 0 Å². The number of carbonyl (C=O) groups is 7. The maximum atomic E-state index is 12.5. The lowest BCUT2D eigenvalue weighted by Crippen LogP contribution is -2.27. The van der Waals surface area contributed by atoms with Gasteiger partial charge in [-0.05, 0) is 76.1 Å². The van der Waals surface area contributed by atoms with Crippen LogP contribution in [0.15, 0.2) is 0 Å². The van der Waals surface area contributed by atoms with Crippen molar-refractivity contribution >= 4 is 106 Å². The highest BCUT2D eigenvalue weighted by Gasteiger charge is 2.25. The first-order chi connectivity index (χ1) is 29.1. The molecule has 0 fully saturated rings. The standard InChI is InChI=1S/C37H63NO11.3C2H6S2/c1-28(35(44)45)18-16-17-25-38-33(41)24-22-30(37(48)49)27-32(40)23-21-29(36(46)47)26-31(39)19-14-12-10-8-6-4-2-3-5-7-9-11-13-15-20-34(42)43;3*1-3-4-2/h28-30H,2-27H2,1H3,(H,38,41)(H,42,43)(H,44,45)(H,46,47)(H,48,49);3*1-2H3/t28-,29+,30+;;;/m0.../s1. The third-order valence-corrected chi connectivity index (χ3v) is 13.5. The van der Waals surface area contributed by atoms with Crippen molar-refractivity contribution in [3.63, 3.8) is 0 Å². The van der Waals surface area contributed by atoms with E-state index >= 15 is 0 Å². The highest BCUT2D eigenvalue weighted by Crippen LogP contribution is 2.20. The quantitative estimate of drug-likeness (QED) is 0.0287. The number of aliphatic carboxylic acids is 4. The molecule has 0 saturated heterocycles. The lowest BCUT2D eigenvalue weighted by Gasteiger charge is -2.14. The first-order valence-corrected chi connectivity index (χ1v) is 30.4. The fourth-order valence-electron chi connectivity index (χ4n) is 5.75. The number of ketones is 2. The van der Waals surface area contributed by atoms with Crippen LogP contribution in [0.5, 0.6) is 0 Å². The molecule has 0 aromatic heterocycles. The molecule has 18 heteroatoms. The second-order valence-corrected chi connectivity index (χ2v) is 22.6. The SMILES string of the molecule is CSSC.CSSC.CSSC.C[C@@H](CCCCNC(=O)CC[C@H](CC(=O)CC[C@H](CC(=O)CCCCCCCCCCCCCCCCC(=O)O)C(=O)O)C(=O)O)C(=O)O. The number of Topliss-reactive ketones (excluding diaryl/α,β-unsaturated/α-hetero) is 2. The lowest BCUT2D eigenvalue weighted by molar-refractivity contribution is -0.145. The Morgan fingerprint density at radius 2 is 0.754 bits per heavy atom. The van der Waals surface area contributed by atoms with Gasteiger partial charge in [-0.25, -0.2) is 0 Å². The molecule has 0 spiro atoms. The average Bonchev–Trinajstić information content (AvgIpc) is 3.23. The molecule has 0 aliphatic carbocycles. The summed E-state index contributed by atoms with van der Waals surface area (Å²) in [5.74, 6) is -7.38. The summed E-state index contributed by atoms with van der Waals surface area (Å²) in [6.07, 6.45) is 28.9. The summed E-state index contributed by atoms with van der Waals surface area (Å²) in [5, 5.41) is 39.3. The number of carboxylic acids is 4. The smallest absolute Gasteiger partial charge is 0.306 e. The van der Waals surface area contributed by atoms with E-state index in [0.717, 1.165) is 44.9 Å². The van der Waals surface area contributed by atoms with Crippen molar-refractivity contribution in [3.8, 4) is 0 Å². The molecular weight excluding hydrogens is 899 g/mol. The van der Waals surface area contributed by atoms with E-state index in [0.29, 0.717) is 38.6 Å². The van der Waals surface area contributed by atoms with Gasteiger partial charge in [0, 0.05) is 45.1 Å². The van der Waals surface area contributed by atoms with Crippen LogP contribution in [0.4, 0.5) is 0 Å². The number of hydrogen-bond donors (Lipinski definition) is 5. The van der Waals surface area contributed by atoms with Crippen LogP contribution in [0.3, 0.4) is 0 Å².